The van der Waals surface area contributed by atoms with Gasteiger partial charge in [0.25, 0.3) is 5.69 Å². The maximum atomic E-state index is 13.5. The molecule has 0 heterocycles. The largest absolute Gasteiger partial charge is 0.269 e. The van der Waals surface area contributed by atoms with E-state index >= 15 is 0 Å². The van der Waals surface area contributed by atoms with Crippen LogP contribution < -0.4 is 0 Å². The summed E-state index contributed by atoms with van der Waals surface area (Å²) in [5.41, 5.74) is 0.484. The maximum Gasteiger partial charge on any atom is 0.269 e. The second-order valence-electron chi connectivity index (χ2n) is 4.14. The van der Waals surface area contributed by atoms with Crippen LogP contribution >= 0.6 is 0 Å². The number of hydrogen-bond donors (Lipinski definition) is 0. The lowest BCUT2D eigenvalue weighted by atomic mass is 10.0. The number of allylic oxidation sites excluding steroid dienone is 1. The highest BCUT2D eigenvalue weighted by Crippen LogP contribution is 2.22. The molecule has 0 aliphatic rings. The molecule has 0 bridgehead atoms. The Morgan fingerprint density at radius 2 is 1.86 bits per heavy atom. The molecule has 0 fully saturated rings. The summed E-state index contributed by atoms with van der Waals surface area (Å²) in [5.74, 6) is -1.50. The van der Waals surface area contributed by atoms with Crippen molar-refractivity contribution in [1.82, 2.24) is 0 Å². The molecule has 0 unspecified atom stereocenters. The highest BCUT2D eigenvalue weighted by Gasteiger charge is 2.08. The second-order valence-corrected chi connectivity index (χ2v) is 4.14. The minimum absolute atomic E-state index is 0.0614. The Balaban J connectivity index is 2.41. The van der Waals surface area contributed by atoms with Gasteiger partial charge in [0.2, 0.25) is 0 Å². The molecular formula is C15H8F2N2O2. The van der Waals surface area contributed by atoms with Crippen LogP contribution in [0.25, 0.3) is 11.6 Å². The van der Waals surface area contributed by atoms with E-state index in [1.54, 1.807) is 0 Å². The van der Waals surface area contributed by atoms with Crippen molar-refractivity contribution in [3.8, 4) is 6.07 Å². The van der Waals surface area contributed by atoms with Crippen LogP contribution in [0.4, 0.5) is 14.5 Å². The molecule has 0 saturated heterocycles. The molecule has 104 valence electrons. The minimum atomic E-state index is -0.787. The number of halogens is 2. The summed E-state index contributed by atoms with van der Waals surface area (Å²) < 4.78 is 26.4. The van der Waals surface area contributed by atoms with Gasteiger partial charge < -0.3 is 0 Å². The molecule has 0 spiro atoms. The minimum Gasteiger partial charge on any atom is -0.258 e. The quantitative estimate of drug-likeness (QED) is 0.371. The molecule has 0 aliphatic heterocycles. The van der Waals surface area contributed by atoms with Crippen molar-refractivity contribution in [3.63, 3.8) is 0 Å². The van der Waals surface area contributed by atoms with E-state index in [0.29, 0.717) is 5.56 Å². The van der Waals surface area contributed by atoms with Crippen molar-refractivity contribution in [2.45, 2.75) is 0 Å². The van der Waals surface area contributed by atoms with Gasteiger partial charge in [-0.25, -0.2) is 8.78 Å². The number of nitriles is 1. The van der Waals surface area contributed by atoms with Gasteiger partial charge in [-0.1, -0.05) is 0 Å². The van der Waals surface area contributed by atoms with Crippen LogP contribution in [0, 0.1) is 33.1 Å². The monoisotopic (exact) mass is 286 g/mol. The number of benzene rings is 2. The Morgan fingerprint density at radius 3 is 2.38 bits per heavy atom. The molecule has 4 nitrogen and oxygen atoms in total. The first-order chi connectivity index (χ1) is 10.0. The van der Waals surface area contributed by atoms with E-state index in [-0.39, 0.29) is 16.8 Å². The topological polar surface area (TPSA) is 66.9 Å². The number of rotatable bonds is 3. The molecule has 6 heteroatoms. The lowest BCUT2D eigenvalue weighted by Gasteiger charge is -2.01. The summed E-state index contributed by atoms with van der Waals surface area (Å²) in [6.45, 7) is 0. The Morgan fingerprint density at radius 1 is 1.19 bits per heavy atom. The highest BCUT2D eigenvalue weighted by atomic mass is 19.1. The van der Waals surface area contributed by atoms with Crippen LogP contribution in [0.1, 0.15) is 11.1 Å². The summed E-state index contributed by atoms with van der Waals surface area (Å²) in [6.07, 6.45) is 1.26. The Bertz CT molecular complexity index is 762. The van der Waals surface area contributed by atoms with Gasteiger partial charge in [-0.05, 0) is 35.9 Å². The smallest absolute Gasteiger partial charge is 0.258 e. The van der Waals surface area contributed by atoms with Crippen LogP contribution in [-0.4, -0.2) is 4.92 Å². The predicted octanol–water partition coefficient (Wildman–Crippen LogP) is 3.94. The number of non-ortho nitro benzene ring substituents is 1. The molecule has 21 heavy (non-hydrogen) atoms. The number of nitrogens with zero attached hydrogens (tertiary/aromatic N) is 2. The van der Waals surface area contributed by atoms with E-state index in [4.69, 9.17) is 5.26 Å². The standard InChI is InChI=1S/C15H8F2N2O2/c16-13-4-1-11(15(17)8-13)7-12(9-18)10-2-5-14(6-3-10)19(20)21/h1-8H/b12-7-. The molecule has 0 atom stereocenters. The van der Waals surface area contributed by atoms with E-state index in [9.17, 15) is 18.9 Å². The molecule has 0 aliphatic carbocycles. The summed E-state index contributed by atoms with van der Waals surface area (Å²) in [5, 5.41) is 19.7. The van der Waals surface area contributed by atoms with Crippen LogP contribution in [-0.2, 0) is 0 Å². The maximum absolute atomic E-state index is 13.5. The van der Waals surface area contributed by atoms with Crippen LogP contribution in [0.15, 0.2) is 42.5 Å². The molecule has 2 aromatic carbocycles. The summed E-state index contributed by atoms with van der Waals surface area (Å²) >= 11 is 0. The molecular weight excluding hydrogens is 278 g/mol. The van der Waals surface area contributed by atoms with Crippen LogP contribution in [0.2, 0.25) is 0 Å². The third-order valence-corrected chi connectivity index (χ3v) is 2.77. The van der Waals surface area contributed by atoms with Gasteiger partial charge in [-0.2, -0.15) is 5.26 Å². The number of nitro groups is 1. The third-order valence-electron chi connectivity index (χ3n) is 2.77. The number of hydrogen-bond acceptors (Lipinski definition) is 3. The predicted molar refractivity (Wildman–Crippen MR) is 72.9 cm³/mol. The molecule has 2 rings (SSSR count). The molecule has 0 aromatic heterocycles. The molecule has 0 radical (unpaired) electrons. The van der Waals surface area contributed by atoms with Crippen molar-refractivity contribution in [2.75, 3.05) is 0 Å². The van der Waals surface area contributed by atoms with E-state index in [2.05, 4.69) is 0 Å². The first-order valence-electron chi connectivity index (χ1n) is 5.83. The zero-order valence-corrected chi connectivity index (χ0v) is 10.6. The fourth-order valence-corrected chi connectivity index (χ4v) is 1.72. The first-order valence-corrected chi connectivity index (χ1v) is 5.83. The van der Waals surface area contributed by atoms with Crippen molar-refractivity contribution in [1.29, 1.82) is 5.26 Å². The zero-order chi connectivity index (χ0) is 15.4. The lowest BCUT2D eigenvalue weighted by molar-refractivity contribution is -0.384. The first kappa shape index (κ1) is 14.3. The Labute approximate surface area is 118 Å². The molecule has 0 saturated carbocycles. The van der Waals surface area contributed by atoms with Gasteiger partial charge in [0.1, 0.15) is 11.6 Å². The van der Waals surface area contributed by atoms with Crippen molar-refractivity contribution < 1.29 is 13.7 Å². The SMILES string of the molecule is N#C/C(=C/c1ccc(F)cc1F)c1ccc([N+](=O)[O-])cc1. The second kappa shape index (κ2) is 5.92. The van der Waals surface area contributed by atoms with Crippen LogP contribution in [0.3, 0.4) is 0 Å². The van der Waals surface area contributed by atoms with Gasteiger partial charge in [-0.15, -0.1) is 0 Å². The van der Waals surface area contributed by atoms with E-state index < -0.39 is 16.6 Å². The summed E-state index contributed by atoms with van der Waals surface area (Å²) in [6, 6.07) is 10.2. The summed E-state index contributed by atoms with van der Waals surface area (Å²) in [7, 11) is 0. The van der Waals surface area contributed by atoms with E-state index in [1.165, 1.54) is 36.4 Å². The average molecular weight is 286 g/mol. The lowest BCUT2D eigenvalue weighted by Crippen LogP contribution is -1.89. The van der Waals surface area contributed by atoms with Crippen LogP contribution in [0.5, 0.6) is 0 Å². The zero-order valence-electron chi connectivity index (χ0n) is 10.6. The van der Waals surface area contributed by atoms with E-state index in [0.717, 1.165) is 12.1 Å². The molecule has 2 aromatic rings. The van der Waals surface area contributed by atoms with Gasteiger partial charge in [0, 0.05) is 23.8 Å². The normalized spacial score (nSPS) is 11.0. The fraction of sp³-hybridized carbons (Fsp3) is 0. The fourth-order valence-electron chi connectivity index (χ4n) is 1.72. The van der Waals surface area contributed by atoms with Crippen molar-refractivity contribution >= 4 is 17.3 Å². The van der Waals surface area contributed by atoms with Gasteiger partial charge in [0.15, 0.2) is 0 Å². The Hall–Kier alpha value is -3.07. The van der Waals surface area contributed by atoms with E-state index in [1.807, 2.05) is 6.07 Å². The van der Waals surface area contributed by atoms with Gasteiger partial charge in [0.05, 0.1) is 16.6 Å². The third kappa shape index (κ3) is 3.28. The highest BCUT2D eigenvalue weighted by molar-refractivity contribution is 5.89. The van der Waals surface area contributed by atoms with Gasteiger partial charge in [-0.3, -0.25) is 10.1 Å². The van der Waals surface area contributed by atoms with Gasteiger partial charge >= 0.3 is 0 Å². The average Bonchev–Trinajstić information content (AvgIpc) is 2.47. The Kier molecular flexibility index (Phi) is 4.05. The number of nitro benzene ring substituents is 1. The molecule has 0 N–H and O–H groups in total. The van der Waals surface area contributed by atoms with Crippen molar-refractivity contribution in [3.05, 3.63) is 75.3 Å². The molecule has 0 amide bonds. The van der Waals surface area contributed by atoms with Crippen molar-refractivity contribution in [2.24, 2.45) is 0 Å². The summed E-state index contributed by atoms with van der Waals surface area (Å²) in [4.78, 5) is 10.0.